The number of rotatable bonds is 3. The number of hydrogen-bond donors (Lipinski definition) is 1. The lowest BCUT2D eigenvalue weighted by Gasteiger charge is -2.19. The van der Waals surface area contributed by atoms with Crippen molar-refractivity contribution >= 4 is 28.2 Å². The standard InChI is InChI=1S/C20H18FN3O/c21-15-11-16(13-17(12-15)24-9-1-2-10-24)23-20(25)18-7-3-5-14-6-4-8-22-19(14)18/h3-8,11-13H,1-2,9-10H2,(H,23,25). The molecule has 25 heavy (non-hydrogen) atoms. The van der Waals surface area contributed by atoms with Crippen molar-refractivity contribution in [3.8, 4) is 0 Å². The highest BCUT2D eigenvalue weighted by atomic mass is 19.1. The number of amides is 1. The Balaban J connectivity index is 1.64. The summed E-state index contributed by atoms with van der Waals surface area (Å²) in [4.78, 5) is 19.1. The van der Waals surface area contributed by atoms with Gasteiger partial charge in [0.15, 0.2) is 0 Å². The average molecular weight is 335 g/mol. The number of hydrogen-bond acceptors (Lipinski definition) is 3. The van der Waals surface area contributed by atoms with E-state index in [2.05, 4.69) is 15.2 Å². The second kappa shape index (κ2) is 6.51. The molecule has 4 rings (SSSR count). The zero-order chi connectivity index (χ0) is 17.2. The van der Waals surface area contributed by atoms with Gasteiger partial charge in [0.2, 0.25) is 0 Å². The van der Waals surface area contributed by atoms with E-state index in [0.717, 1.165) is 37.0 Å². The van der Waals surface area contributed by atoms with Gasteiger partial charge in [-0.25, -0.2) is 4.39 Å². The van der Waals surface area contributed by atoms with E-state index in [1.54, 1.807) is 12.3 Å². The summed E-state index contributed by atoms with van der Waals surface area (Å²) in [5.41, 5.74) is 2.38. The van der Waals surface area contributed by atoms with Crippen molar-refractivity contribution in [1.29, 1.82) is 0 Å². The second-order valence-electron chi connectivity index (χ2n) is 6.23. The average Bonchev–Trinajstić information content (AvgIpc) is 3.15. The number of anilines is 2. The molecule has 3 aromatic rings. The molecule has 0 atom stereocenters. The molecule has 0 aliphatic carbocycles. The van der Waals surface area contributed by atoms with Gasteiger partial charge in [0.1, 0.15) is 5.82 Å². The van der Waals surface area contributed by atoms with Gasteiger partial charge in [-0.15, -0.1) is 0 Å². The Bertz CT molecular complexity index is 930. The minimum Gasteiger partial charge on any atom is -0.371 e. The molecule has 1 amide bonds. The number of halogens is 1. The Morgan fingerprint density at radius 3 is 2.72 bits per heavy atom. The smallest absolute Gasteiger partial charge is 0.257 e. The van der Waals surface area contributed by atoms with Crippen LogP contribution in [-0.2, 0) is 0 Å². The van der Waals surface area contributed by atoms with Crippen molar-refractivity contribution in [3.63, 3.8) is 0 Å². The number of fused-ring (bicyclic) bond motifs is 1. The molecule has 1 aliphatic heterocycles. The number of nitrogens with one attached hydrogen (secondary N) is 1. The molecule has 1 saturated heterocycles. The van der Waals surface area contributed by atoms with Crippen molar-refractivity contribution in [2.75, 3.05) is 23.3 Å². The Labute approximate surface area is 145 Å². The highest BCUT2D eigenvalue weighted by Crippen LogP contribution is 2.26. The predicted molar refractivity (Wildman–Crippen MR) is 97.5 cm³/mol. The van der Waals surface area contributed by atoms with E-state index in [1.165, 1.54) is 12.1 Å². The van der Waals surface area contributed by atoms with Crippen molar-refractivity contribution in [1.82, 2.24) is 4.98 Å². The van der Waals surface area contributed by atoms with E-state index in [4.69, 9.17) is 0 Å². The molecule has 0 radical (unpaired) electrons. The number of nitrogens with zero attached hydrogens (tertiary/aromatic N) is 2. The van der Waals surface area contributed by atoms with Crippen LogP contribution < -0.4 is 10.2 Å². The molecule has 0 unspecified atom stereocenters. The lowest BCUT2D eigenvalue weighted by Crippen LogP contribution is -2.18. The van der Waals surface area contributed by atoms with Gasteiger partial charge in [-0.1, -0.05) is 18.2 Å². The summed E-state index contributed by atoms with van der Waals surface area (Å²) >= 11 is 0. The fourth-order valence-corrected chi connectivity index (χ4v) is 3.29. The van der Waals surface area contributed by atoms with Crippen LogP contribution in [0.2, 0.25) is 0 Å². The predicted octanol–water partition coefficient (Wildman–Crippen LogP) is 4.23. The summed E-state index contributed by atoms with van der Waals surface area (Å²) in [5.74, 6) is -0.641. The normalized spacial score (nSPS) is 14.0. The number of carbonyl (C=O) groups is 1. The Hall–Kier alpha value is -2.95. The maximum Gasteiger partial charge on any atom is 0.257 e. The summed E-state index contributed by atoms with van der Waals surface area (Å²) in [6.07, 6.45) is 3.88. The van der Waals surface area contributed by atoms with Crippen LogP contribution in [0.5, 0.6) is 0 Å². The van der Waals surface area contributed by atoms with Gasteiger partial charge in [-0.05, 0) is 43.2 Å². The monoisotopic (exact) mass is 335 g/mol. The third kappa shape index (κ3) is 3.18. The van der Waals surface area contributed by atoms with Crippen molar-refractivity contribution in [2.24, 2.45) is 0 Å². The maximum absolute atomic E-state index is 14.0. The topological polar surface area (TPSA) is 45.2 Å². The molecule has 1 N–H and O–H groups in total. The van der Waals surface area contributed by atoms with Crippen LogP contribution in [0.4, 0.5) is 15.8 Å². The van der Waals surface area contributed by atoms with Crippen LogP contribution in [0, 0.1) is 5.82 Å². The first-order valence-electron chi connectivity index (χ1n) is 8.41. The Kier molecular flexibility index (Phi) is 4.06. The molecule has 2 heterocycles. The highest BCUT2D eigenvalue weighted by molar-refractivity contribution is 6.11. The Morgan fingerprint density at radius 1 is 1.08 bits per heavy atom. The first-order chi connectivity index (χ1) is 12.2. The maximum atomic E-state index is 14.0. The summed E-state index contributed by atoms with van der Waals surface area (Å²) < 4.78 is 14.0. The van der Waals surface area contributed by atoms with Crippen molar-refractivity contribution < 1.29 is 9.18 Å². The van der Waals surface area contributed by atoms with E-state index in [1.807, 2.05) is 30.3 Å². The quantitative estimate of drug-likeness (QED) is 0.779. The fourth-order valence-electron chi connectivity index (χ4n) is 3.29. The number of aromatic nitrogens is 1. The van der Waals surface area contributed by atoms with Gasteiger partial charge < -0.3 is 10.2 Å². The lowest BCUT2D eigenvalue weighted by molar-refractivity contribution is 0.102. The third-order valence-electron chi connectivity index (χ3n) is 4.49. The van der Waals surface area contributed by atoms with Gasteiger partial charge in [0.05, 0.1) is 11.1 Å². The van der Waals surface area contributed by atoms with Crippen LogP contribution in [0.15, 0.2) is 54.7 Å². The molecule has 0 bridgehead atoms. The van der Waals surface area contributed by atoms with Gasteiger partial charge in [-0.3, -0.25) is 9.78 Å². The minimum absolute atomic E-state index is 0.290. The number of carbonyl (C=O) groups excluding carboxylic acids is 1. The fraction of sp³-hybridized carbons (Fsp3) is 0.200. The first-order valence-corrected chi connectivity index (χ1v) is 8.41. The molecule has 0 saturated carbocycles. The lowest BCUT2D eigenvalue weighted by atomic mass is 10.1. The molecule has 1 aromatic heterocycles. The second-order valence-corrected chi connectivity index (χ2v) is 6.23. The number of pyridine rings is 1. The van der Waals surface area contributed by atoms with Crippen molar-refractivity contribution in [2.45, 2.75) is 12.8 Å². The van der Waals surface area contributed by atoms with Gasteiger partial charge in [-0.2, -0.15) is 0 Å². The number of benzene rings is 2. The molecule has 1 fully saturated rings. The molecular weight excluding hydrogens is 317 g/mol. The van der Waals surface area contributed by atoms with Crippen LogP contribution in [0.1, 0.15) is 23.2 Å². The van der Waals surface area contributed by atoms with E-state index in [9.17, 15) is 9.18 Å². The summed E-state index contributed by atoms with van der Waals surface area (Å²) in [5, 5.41) is 3.70. The van der Waals surface area contributed by atoms with Crippen LogP contribution in [0.25, 0.3) is 10.9 Å². The molecule has 0 spiro atoms. The van der Waals surface area contributed by atoms with Gasteiger partial charge in [0.25, 0.3) is 5.91 Å². The summed E-state index contributed by atoms with van der Waals surface area (Å²) in [6.45, 7) is 1.84. The minimum atomic E-state index is -0.351. The first kappa shape index (κ1) is 15.6. The van der Waals surface area contributed by atoms with E-state index in [-0.39, 0.29) is 11.7 Å². The zero-order valence-electron chi connectivity index (χ0n) is 13.7. The zero-order valence-corrected chi connectivity index (χ0v) is 13.7. The van der Waals surface area contributed by atoms with Crippen LogP contribution >= 0.6 is 0 Å². The molecule has 2 aromatic carbocycles. The van der Waals surface area contributed by atoms with Gasteiger partial charge >= 0.3 is 0 Å². The summed E-state index contributed by atoms with van der Waals surface area (Å²) in [7, 11) is 0. The largest absolute Gasteiger partial charge is 0.371 e. The SMILES string of the molecule is O=C(Nc1cc(F)cc(N2CCCC2)c1)c1cccc2cccnc12. The van der Waals surface area contributed by atoms with E-state index in [0.29, 0.717) is 16.8 Å². The molecule has 126 valence electrons. The van der Waals surface area contributed by atoms with Gasteiger partial charge in [0, 0.05) is 36.0 Å². The molecule has 5 heteroatoms. The van der Waals surface area contributed by atoms with Crippen LogP contribution in [-0.4, -0.2) is 24.0 Å². The van der Waals surface area contributed by atoms with E-state index < -0.39 is 0 Å². The highest BCUT2D eigenvalue weighted by Gasteiger charge is 2.16. The summed E-state index contributed by atoms with van der Waals surface area (Å²) in [6, 6.07) is 13.9. The Morgan fingerprint density at radius 2 is 1.88 bits per heavy atom. The molecular formula is C20H18FN3O. The number of para-hydroxylation sites is 1. The van der Waals surface area contributed by atoms with Crippen molar-refractivity contribution in [3.05, 3.63) is 66.1 Å². The van der Waals surface area contributed by atoms with Crippen LogP contribution in [0.3, 0.4) is 0 Å². The molecule has 1 aliphatic rings. The third-order valence-corrected chi connectivity index (χ3v) is 4.49. The van der Waals surface area contributed by atoms with E-state index >= 15 is 0 Å². The molecule has 4 nitrogen and oxygen atoms in total.